The molecule has 0 amide bonds. The summed E-state index contributed by atoms with van der Waals surface area (Å²) < 4.78 is 11.8. The summed E-state index contributed by atoms with van der Waals surface area (Å²) in [5, 5.41) is 14.1. The fraction of sp³-hybridized carbons (Fsp3) is 0.556. The number of non-ortho nitro benzene ring substituents is 1. The predicted octanol–water partition coefficient (Wildman–Crippen LogP) is 3.78. The van der Waals surface area contributed by atoms with Crippen LogP contribution >= 0.6 is 0 Å². The number of allylic oxidation sites excluding steroid dienone is 1. The normalized spacial score (nSPS) is 17.9. The first kappa shape index (κ1) is 16.8. The number of nitro groups is 1. The number of rotatable bonds is 7. The van der Waals surface area contributed by atoms with Crippen LogP contribution in [0.3, 0.4) is 0 Å². The number of nitrogens with one attached hydrogen (secondary N) is 1. The Morgan fingerprint density at radius 3 is 2.50 bits per heavy atom. The molecule has 3 rings (SSSR count). The fourth-order valence-electron chi connectivity index (χ4n) is 2.99. The van der Waals surface area contributed by atoms with Gasteiger partial charge in [0.15, 0.2) is 0 Å². The number of hydrogen-bond donors (Lipinski definition) is 1. The van der Waals surface area contributed by atoms with Crippen molar-refractivity contribution in [2.24, 2.45) is 5.92 Å². The summed E-state index contributed by atoms with van der Waals surface area (Å²) in [6.07, 6.45) is 6.64. The third-order valence-electron chi connectivity index (χ3n) is 4.72. The topological polar surface area (TPSA) is 73.6 Å². The van der Waals surface area contributed by atoms with E-state index in [1.165, 1.54) is 37.0 Å². The van der Waals surface area contributed by atoms with Crippen LogP contribution in [0.4, 0.5) is 5.69 Å². The highest BCUT2D eigenvalue weighted by Crippen LogP contribution is 2.31. The van der Waals surface area contributed by atoms with Gasteiger partial charge in [-0.1, -0.05) is 0 Å². The van der Waals surface area contributed by atoms with Gasteiger partial charge < -0.3 is 14.8 Å². The van der Waals surface area contributed by atoms with Gasteiger partial charge in [-0.15, -0.1) is 0 Å². The molecule has 0 aromatic heterocycles. The second kappa shape index (κ2) is 8.15. The van der Waals surface area contributed by atoms with Crippen LogP contribution < -0.4 is 10.1 Å². The Bertz CT molecular complexity index is 586. The van der Waals surface area contributed by atoms with Crippen LogP contribution in [0.5, 0.6) is 5.75 Å². The van der Waals surface area contributed by atoms with E-state index < -0.39 is 4.92 Å². The third kappa shape index (κ3) is 4.47. The van der Waals surface area contributed by atoms with Crippen molar-refractivity contribution in [3.8, 4) is 5.75 Å². The Morgan fingerprint density at radius 1 is 1.21 bits per heavy atom. The average molecular weight is 332 g/mol. The van der Waals surface area contributed by atoms with Crippen LogP contribution in [-0.4, -0.2) is 24.6 Å². The van der Waals surface area contributed by atoms with Gasteiger partial charge in [0.25, 0.3) is 11.6 Å². The summed E-state index contributed by atoms with van der Waals surface area (Å²) >= 11 is 0. The molecule has 0 atom stereocenters. The van der Waals surface area contributed by atoms with Gasteiger partial charge in [0.05, 0.1) is 11.5 Å². The minimum absolute atomic E-state index is 0.0621. The lowest BCUT2D eigenvalue weighted by Crippen LogP contribution is -2.28. The Hall–Kier alpha value is -2.08. The van der Waals surface area contributed by atoms with E-state index in [9.17, 15) is 10.1 Å². The second-order valence-electron chi connectivity index (χ2n) is 6.43. The van der Waals surface area contributed by atoms with Gasteiger partial charge in [0.1, 0.15) is 5.75 Å². The van der Waals surface area contributed by atoms with Gasteiger partial charge in [-0.25, -0.2) is 0 Å². The van der Waals surface area contributed by atoms with E-state index in [1.54, 1.807) is 12.1 Å². The maximum Gasteiger partial charge on any atom is 0.283 e. The molecule has 6 nitrogen and oxygen atoms in total. The molecular weight excluding hydrogens is 308 g/mol. The molecule has 1 aromatic carbocycles. The van der Waals surface area contributed by atoms with Gasteiger partial charge in [-0.2, -0.15) is 0 Å². The Morgan fingerprint density at radius 2 is 1.92 bits per heavy atom. The first-order valence-corrected chi connectivity index (χ1v) is 8.70. The van der Waals surface area contributed by atoms with Gasteiger partial charge in [-0.3, -0.25) is 10.1 Å². The van der Waals surface area contributed by atoms with E-state index in [0.29, 0.717) is 18.3 Å². The van der Waals surface area contributed by atoms with E-state index >= 15 is 0 Å². The second-order valence-corrected chi connectivity index (χ2v) is 6.43. The standard InChI is InChI=1S/C18H24N2O4/c21-20(22)16-4-6-17(7-5-16)24-18(15-2-1-3-15)23-13-10-14-8-11-19-12-9-14/h4-7,14,19H,1-3,8-13H2. The van der Waals surface area contributed by atoms with Crippen LogP contribution in [0.25, 0.3) is 0 Å². The van der Waals surface area contributed by atoms with Crippen LogP contribution in [0, 0.1) is 16.0 Å². The quantitative estimate of drug-likeness (QED) is 0.467. The summed E-state index contributed by atoms with van der Waals surface area (Å²) in [5.74, 6) is 1.90. The lowest BCUT2D eigenvalue weighted by Gasteiger charge is -2.25. The van der Waals surface area contributed by atoms with Crippen molar-refractivity contribution < 1.29 is 14.4 Å². The summed E-state index contributed by atoms with van der Waals surface area (Å²) in [5.41, 5.74) is 1.27. The smallest absolute Gasteiger partial charge is 0.283 e. The van der Waals surface area contributed by atoms with Crippen LogP contribution in [0.15, 0.2) is 35.8 Å². The minimum atomic E-state index is -0.412. The van der Waals surface area contributed by atoms with Crippen molar-refractivity contribution in [2.45, 2.75) is 38.5 Å². The monoisotopic (exact) mass is 332 g/mol. The highest BCUT2D eigenvalue weighted by molar-refractivity contribution is 5.36. The lowest BCUT2D eigenvalue weighted by atomic mass is 9.93. The lowest BCUT2D eigenvalue weighted by molar-refractivity contribution is -0.384. The Balaban J connectivity index is 1.55. The van der Waals surface area contributed by atoms with Gasteiger partial charge >= 0.3 is 0 Å². The van der Waals surface area contributed by atoms with E-state index in [2.05, 4.69) is 5.32 Å². The van der Waals surface area contributed by atoms with Crippen LogP contribution in [0.1, 0.15) is 38.5 Å². The van der Waals surface area contributed by atoms with Crippen molar-refractivity contribution in [1.29, 1.82) is 0 Å². The van der Waals surface area contributed by atoms with Crippen molar-refractivity contribution in [1.82, 2.24) is 5.32 Å². The zero-order chi connectivity index (χ0) is 16.8. The molecule has 0 spiro atoms. The predicted molar refractivity (Wildman–Crippen MR) is 90.8 cm³/mol. The molecule has 0 unspecified atom stereocenters. The molecule has 1 saturated heterocycles. The molecule has 0 radical (unpaired) electrons. The summed E-state index contributed by atoms with van der Waals surface area (Å²) in [7, 11) is 0. The highest BCUT2D eigenvalue weighted by Gasteiger charge is 2.20. The molecule has 1 heterocycles. The maximum absolute atomic E-state index is 10.7. The molecule has 1 saturated carbocycles. The van der Waals surface area contributed by atoms with E-state index in [0.717, 1.165) is 38.3 Å². The highest BCUT2D eigenvalue weighted by atomic mass is 16.7. The molecule has 1 N–H and O–H groups in total. The average Bonchev–Trinajstić information content (AvgIpc) is 2.54. The first-order chi connectivity index (χ1) is 11.7. The molecule has 130 valence electrons. The van der Waals surface area contributed by atoms with Gasteiger partial charge in [-0.05, 0) is 69.7 Å². The zero-order valence-electron chi connectivity index (χ0n) is 13.8. The summed E-state index contributed by atoms with van der Waals surface area (Å²) in [6.45, 7) is 2.85. The Labute approximate surface area is 142 Å². The van der Waals surface area contributed by atoms with E-state index in [4.69, 9.17) is 9.47 Å². The summed E-state index contributed by atoms with van der Waals surface area (Å²) in [6, 6.07) is 6.14. The van der Waals surface area contributed by atoms with Crippen molar-refractivity contribution in [3.63, 3.8) is 0 Å². The molecule has 24 heavy (non-hydrogen) atoms. The molecule has 1 aromatic rings. The Kier molecular flexibility index (Phi) is 5.69. The molecular formula is C18H24N2O4. The van der Waals surface area contributed by atoms with Crippen LogP contribution in [0.2, 0.25) is 0 Å². The van der Waals surface area contributed by atoms with E-state index in [1.807, 2.05) is 0 Å². The van der Waals surface area contributed by atoms with Gasteiger partial charge in [0.2, 0.25) is 0 Å². The van der Waals surface area contributed by atoms with Crippen LogP contribution in [-0.2, 0) is 4.74 Å². The number of nitro benzene ring substituents is 1. The largest absolute Gasteiger partial charge is 0.465 e. The zero-order valence-corrected chi connectivity index (χ0v) is 13.8. The first-order valence-electron chi connectivity index (χ1n) is 8.70. The number of benzene rings is 1. The minimum Gasteiger partial charge on any atom is -0.465 e. The third-order valence-corrected chi connectivity index (χ3v) is 4.72. The molecule has 1 aliphatic heterocycles. The summed E-state index contributed by atoms with van der Waals surface area (Å²) in [4.78, 5) is 10.3. The van der Waals surface area contributed by atoms with Crippen molar-refractivity contribution in [3.05, 3.63) is 45.9 Å². The number of ether oxygens (including phenoxy) is 2. The number of nitrogens with zero attached hydrogens (tertiary/aromatic N) is 1. The molecule has 2 fully saturated rings. The van der Waals surface area contributed by atoms with Gasteiger partial charge in [0, 0.05) is 17.7 Å². The van der Waals surface area contributed by atoms with Crippen molar-refractivity contribution in [2.75, 3.05) is 19.7 Å². The SMILES string of the molecule is O=[N+]([O-])c1ccc(OC(OCCC2CCNCC2)=C2CCC2)cc1. The number of hydrogen-bond acceptors (Lipinski definition) is 5. The molecule has 0 bridgehead atoms. The maximum atomic E-state index is 10.7. The number of piperidine rings is 1. The van der Waals surface area contributed by atoms with E-state index in [-0.39, 0.29) is 5.69 Å². The van der Waals surface area contributed by atoms with Crippen molar-refractivity contribution >= 4 is 5.69 Å². The fourth-order valence-corrected chi connectivity index (χ4v) is 2.99. The molecule has 1 aliphatic carbocycles. The molecule has 6 heteroatoms. The molecule has 2 aliphatic rings.